The molecule has 3 N–H and O–H groups in total. The van der Waals surface area contributed by atoms with E-state index in [-0.39, 0.29) is 12.1 Å². The van der Waals surface area contributed by atoms with Gasteiger partial charge >= 0.3 is 6.18 Å². The van der Waals surface area contributed by atoms with E-state index in [1.165, 1.54) is 18.2 Å². The van der Waals surface area contributed by atoms with Crippen molar-refractivity contribution in [3.63, 3.8) is 0 Å². The van der Waals surface area contributed by atoms with Crippen molar-refractivity contribution in [2.45, 2.75) is 36.9 Å². The molecule has 0 radical (unpaired) electrons. The predicted octanol–water partition coefficient (Wildman–Crippen LogP) is 3.69. The Labute approximate surface area is 159 Å². The van der Waals surface area contributed by atoms with Gasteiger partial charge in [-0.1, -0.05) is 12.1 Å². The third-order valence-electron chi connectivity index (χ3n) is 3.89. The molecule has 0 unspecified atom stereocenters. The molecule has 2 rings (SSSR count). The monoisotopic (exact) mass is 417 g/mol. The van der Waals surface area contributed by atoms with Crippen LogP contribution in [0.1, 0.15) is 25.0 Å². The van der Waals surface area contributed by atoms with Gasteiger partial charge in [0.2, 0.25) is 10.0 Å². The first kappa shape index (κ1) is 21.6. The average molecular weight is 417 g/mol. The zero-order chi connectivity index (χ0) is 21.3. The van der Waals surface area contributed by atoms with Crippen LogP contribution in [0.2, 0.25) is 0 Å². The molecule has 0 bridgehead atoms. The Morgan fingerprint density at radius 3 is 2.14 bits per heavy atom. The Balaban J connectivity index is 2.27. The number of rotatable bonds is 6. The molecular formula is C17H18F3N3O4S. The van der Waals surface area contributed by atoms with Gasteiger partial charge in [0, 0.05) is 11.6 Å². The van der Waals surface area contributed by atoms with Crippen LogP contribution in [0, 0.1) is 10.1 Å². The van der Waals surface area contributed by atoms with Crippen molar-refractivity contribution in [2.24, 2.45) is 5.14 Å². The summed E-state index contributed by atoms with van der Waals surface area (Å²) in [7, 11) is -4.11. The van der Waals surface area contributed by atoms with Crippen molar-refractivity contribution in [1.29, 1.82) is 0 Å². The molecule has 0 aliphatic carbocycles. The number of nitrogens with two attached hydrogens (primary N) is 1. The summed E-state index contributed by atoms with van der Waals surface area (Å²) in [5.74, 6) is 0. The Kier molecular flexibility index (Phi) is 5.72. The fourth-order valence-corrected chi connectivity index (χ4v) is 3.21. The van der Waals surface area contributed by atoms with Crippen LogP contribution in [0.25, 0.3) is 0 Å². The molecule has 0 atom stereocenters. The first-order chi connectivity index (χ1) is 12.7. The molecule has 28 heavy (non-hydrogen) atoms. The quantitative estimate of drug-likeness (QED) is 0.549. The van der Waals surface area contributed by atoms with E-state index in [1.54, 1.807) is 13.8 Å². The number of nitro groups is 1. The molecular weight excluding hydrogens is 399 g/mol. The van der Waals surface area contributed by atoms with Crippen molar-refractivity contribution >= 4 is 21.4 Å². The minimum atomic E-state index is -4.43. The van der Waals surface area contributed by atoms with E-state index < -0.39 is 42.8 Å². The number of nitrogens with one attached hydrogen (secondary N) is 1. The van der Waals surface area contributed by atoms with E-state index in [2.05, 4.69) is 5.32 Å². The minimum Gasteiger partial charge on any atom is -0.374 e. The normalized spacial score (nSPS) is 12.6. The van der Waals surface area contributed by atoms with Gasteiger partial charge in [0.05, 0.1) is 15.4 Å². The lowest BCUT2D eigenvalue weighted by Crippen LogP contribution is -2.33. The summed E-state index contributed by atoms with van der Waals surface area (Å²) < 4.78 is 60.8. The highest BCUT2D eigenvalue weighted by molar-refractivity contribution is 7.89. The highest BCUT2D eigenvalue weighted by atomic mass is 32.2. The molecule has 0 aromatic heterocycles. The number of nitrogens with zero attached hydrogens (tertiary/aromatic N) is 1. The highest BCUT2D eigenvalue weighted by Gasteiger charge is 2.30. The molecule has 152 valence electrons. The van der Waals surface area contributed by atoms with Gasteiger partial charge in [0.25, 0.3) is 5.69 Å². The van der Waals surface area contributed by atoms with Crippen LogP contribution in [0.5, 0.6) is 0 Å². The van der Waals surface area contributed by atoms with E-state index in [4.69, 9.17) is 5.14 Å². The SMILES string of the molecule is CC(C)(Cc1ccc(C(F)(F)F)cc1)Nc1ccc(S(N)(=O)=O)cc1[N+](=O)[O-]. The molecule has 2 aromatic carbocycles. The van der Waals surface area contributed by atoms with Crippen LogP contribution in [-0.2, 0) is 22.6 Å². The standard InChI is InChI=1S/C17H18F3N3O4S/c1-16(2,10-11-3-5-12(6-4-11)17(18,19)20)22-14-8-7-13(28(21,26)27)9-15(14)23(24)25/h3-9,22H,10H2,1-2H3,(H2,21,26,27). The van der Waals surface area contributed by atoms with Crippen molar-refractivity contribution in [2.75, 3.05) is 5.32 Å². The number of halogens is 3. The lowest BCUT2D eigenvalue weighted by atomic mass is 9.93. The lowest BCUT2D eigenvalue weighted by molar-refractivity contribution is -0.384. The summed E-state index contributed by atoms with van der Waals surface area (Å²) in [6.07, 6.45) is -4.17. The zero-order valence-electron chi connectivity index (χ0n) is 14.9. The number of hydrogen-bond donors (Lipinski definition) is 2. The van der Waals surface area contributed by atoms with E-state index in [1.807, 2.05) is 0 Å². The topological polar surface area (TPSA) is 115 Å². The number of benzene rings is 2. The third kappa shape index (κ3) is 5.42. The minimum absolute atomic E-state index is 0.0642. The van der Waals surface area contributed by atoms with Gasteiger partial charge in [-0.15, -0.1) is 0 Å². The molecule has 0 aliphatic heterocycles. The van der Waals surface area contributed by atoms with Crippen LogP contribution in [0.3, 0.4) is 0 Å². The van der Waals surface area contributed by atoms with Crippen molar-refractivity contribution in [1.82, 2.24) is 0 Å². The van der Waals surface area contributed by atoms with Gasteiger partial charge in [-0.05, 0) is 50.1 Å². The third-order valence-corrected chi connectivity index (χ3v) is 4.81. The Morgan fingerprint density at radius 2 is 1.68 bits per heavy atom. The smallest absolute Gasteiger partial charge is 0.374 e. The summed E-state index contributed by atoms with van der Waals surface area (Å²) in [4.78, 5) is 10.2. The van der Waals surface area contributed by atoms with Gasteiger partial charge in [0.1, 0.15) is 5.69 Å². The largest absolute Gasteiger partial charge is 0.416 e. The van der Waals surface area contributed by atoms with Gasteiger partial charge in [-0.25, -0.2) is 13.6 Å². The van der Waals surface area contributed by atoms with Crippen molar-refractivity contribution in [3.05, 3.63) is 63.7 Å². The second-order valence-electron chi connectivity index (χ2n) is 6.86. The number of anilines is 1. The molecule has 0 saturated carbocycles. The summed E-state index contributed by atoms with van der Waals surface area (Å²) in [5.41, 5.74) is -1.37. The molecule has 0 spiro atoms. The Hall–Kier alpha value is -2.66. The molecule has 0 fully saturated rings. The summed E-state index contributed by atoms with van der Waals surface area (Å²) in [5, 5.41) is 19.2. The van der Waals surface area contributed by atoms with E-state index in [0.29, 0.717) is 5.56 Å². The van der Waals surface area contributed by atoms with Crippen LogP contribution in [0.4, 0.5) is 24.5 Å². The molecule has 2 aromatic rings. The zero-order valence-corrected chi connectivity index (χ0v) is 15.8. The van der Waals surface area contributed by atoms with Crippen LogP contribution in [0.15, 0.2) is 47.4 Å². The first-order valence-corrected chi connectivity index (χ1v) is 9.49. The van der Waals surface area contributed by atoms with Crippen molar-refractivity contribution < 1.29 is 26.5 Å². The fraction of sp³-hybridized carbons (Fsp3) is 0.294. The van der Waals surface area contributed by atoms with Crippen LogP contribution >= 0.6 is 0 Å². The molecule has 0 heterocycles. The number of alkyl halides is 3. The molecule has 0 aliphatic rings. The van der Waals surface area contributed by atoms with Gasteiger partial charge in [0.15, 0.2) is 0 Å². The fourth-order valence-electron chi connectivity index (χ4n) is 2.68. The lowest BCUT2D eigenvalue weighted by Gasteiger charge is -2.28. The summed E-state index contributed by atoms with van der Waals surface area (Å²) in [6.45, 7) is 3.42. The van der Waals surface area contributed by atoms with Gasteiger partial charge in [-0.2, -0.15) is 13.2 Å². The van der Waals surface area contributed by atoms with Gasteiger partial charge < -0.3 is 5.32 Å². The van der Waals surface area contributed by atoms with Gasteiger partial charge in [-0.3, -0.25) is 10.1 Å². The number of hydrogen-bond acceptors (Lipinski definition) is 5. The van der Waals surface area contributed by atoms with Crippen LogP contribution in [-0.4, -0.2) is 18.9 Å². The maximum atomic E-state index is 12.7. The van der Waals surface area contributed by atoms with Crippen LogP contribution < -0.4 is 10.5 Å². The second kappa shape index (κ2) is 7.40. The van der Waals surface area contributed by atoms with E-state index in [9.17, 15) is 31.7 Å². The number of nitro benzene ring substituents is 1. The number of sulfonamides is 1. The second-order valence-corrected chi connectivity index (χ2v) is 8.42. The Morgan fingerprint density at radius 1 is 1.11 bits per heavy atom. The number of primary sulfonamides is 1. The molecule has 0 amide bonds. The average Bonchev–Trinajstić information content (AvgIpc) is 2.52. The summed E-state index contributed by atoms with van der Waals surface area (Å²) >= 11 is 0. The predicted molar refractivity (Wildman–Crippen MR) is 97.3 cm³/mol. The van der Waals surface area contributed by atoms with E-state index >= 15 is 0 Å². The molecule has 11 heteroatoms. The Bertz CT molecular complexity index is 988. The highest BCUT2D eigenvalue weighted by Crippen LogP contribution is 2.32. The molecule has 0 saturated heterocycles. The van der Waals surface area contributed by atoms with Crippen molar-refractivity contribution in [3.8, 4) is 0 Å². The molecule has 7 nitrogen and oxygen atoms in total. The maximum absolute atomic E-state index is 12.7. The maximum Gasteiger partial charge on any atom is 0.416 e. The van der Waals surface area contributed by atoms with E-state index in [0.717, 1.165) is 24.3 Å². The first-order valence-electron chi connectivity index (χ1n) is 7.95. The summed E-state index contributed by atoms with van der Waals surface area (Å²) in [6, 6.07) is 7.83.